The van der Waals surface area contributed by atoms with Gasteiger partial charge in [-0.15, -0.1) is 0 Å². The van der Waals surface area contributed by atoms with Crippen molar-refractivity contribution in [2.45, 2.75) is 45.1 Å². The molecule has 1 amide bonds. The van der Waals surface area contributed by atoms with Crippen LogP contribution in [0.15, 0.2) is 0 Å². The highest BCUT2D eigenvalue weighted by atomic mass is 16.5. The summed E-state index contributed by atoms with van der Waals surface area (Å²) in [5, 5.41) is 6.40. The van der Waals surface area contributed by atoms with Crippen LogP contribution < -0.4 is 10.6 Å². The standard InChI is InChI=1S/C12H24N2O2/c1-2-16-10-7-12(15)14-9-6-11-5-3-4-8-13-11/h11,13H,2-10H2,1H3,(H,14,15). The van der Waals surface area contributed by atoms with Gasteiger partial charge in [-0.3, -0.25) is 4.79 Å². The highest BCUT2D eigenvalue weighted by Crippen LogP contribution is 2.08. The predicted molar refractivity (Wildman–Crippen MR) is 64.4 cm³/mol. The summed E-state index contributed by atoms with van der Waals surface area (Å²) in [6.45, 7) is 5.06. The third-order valence-corrected chi connectivity index (χ3v) is 2.90. The number of carbonyl (C=O) groups is 1. The number of hydrogen-bond acceptors (Lipinski definition) is 3. The van der Waals surface area contributed by atoms with Crippen LogP contribution in [0.5, 0.6) is 0 Å². The van der Waals surface area contributed by atoms with Gasteiger partial charge in [-0.05, 0) is 32.7 Å². The first kappa shape index (κ1) is 13.5. The molecule has 0 aliphatic carbocycles. The minimum atomic E-state index is 0.101. The average molecular weight is 228 g/mol. The lowest BCUT2D eigenvalue weighted by molar-refractivity contribution is -0.122. The Bertz CT molecular complexity index is 191. The summed E-state index contributed by atoms with van der Waals surface area (Å²) in [6.07, 6.45) is 5.37. The van der Waals surface area contributed by atoms with E-state index in [2.05, 4.69) is 10.6 Å². The zero-order valence-corrected chi connectivity index (χ0v) is 10.3. The van der Waals surface area contributed by atoms with Crippen molar-refractivity contribution in [3.05, 3.63) is 0 Å². The van der Waals surface area contributed by atoms with Gasteiger partial charge in [-0.25, -0.2) is 0 Å². The molecule has 0 aromatic carbocycles. The molecule has 0 aromatic heterocycles. The number of nitrogens with one attached hydrogen (secondary N) is 2. The Labute approximate surface area is 98.1 Å². The molecular formula is C12H24N2O2. The zero-order valence-electron chi connectivity index (χ0n) is 10.3. The van der Waals surface area contributed by atoms with E-state index in [1.54, 1.807) is 0 Å². The highest BCUT2D eigenvalue weighted by molar-refractivity contribution is 5.75. The Kier molecular flexibility index (Phi) is 7.17. The third-order valence-electron chi connectivity index (χ3n) is 2.90. The largest absolute Gasteiger partial charge is 0.381 e. The van der Waals surface area contributed by atoms with Gasteiger partial charge in [0.25, 0.3) is 0 Å². The van der Waals surface area contributed by atoms with Crippen LogP contribution in [0, 0.1) is 0 Å². The van der Waals surface area contributed by atoms with Crippen molar-refractivity contribution in [2.24, 2.45) is 0 Å². The summed E-state index contributed by atoms with van der Waals surface area (Å²) < 4.78 is 5.13. The lowest BCUT2D eigenvalue weighted by Crippen LogP contribution is -2.37. The van der Waals surface area contributed by atoms with Gasteiger partial charge in [-0.2, -0.15) is 0 Å². The maximum atomic E-state index is 11.3. The van der Waals surface area contributed by atoms with Gasteiger partial charge in [-0.1, -0.05) is 6.42 Å². The molecule has 1 unspecified atom stereocenters. The van der Waals surface area contributed by atoms with Crippen LogP contribution in [-0.4, -0.2) is 38.3 Å². The number of hydrogen-bond donors (Lipinski definition) is 2. The molecule has 1 atom stereocenters. The number of carbonyl (C=O) groups excluding carboxylic acids is 1. The molecule has 1 rings (SSSR count). The van der Waals surface area contributed by atoms with Crippen molar-refractivity contribution in [1.82, 2.24) is 10.6 Å². The van der Waals surface area contributed by atoms with Crippen molar-refractivity contribution < 1.29 is 9.53 Å². The first-order chi connectivity index (χ1) is 7.83. The molecule has 16 heavy (non-hydrogen) atoms. The summed E-state index contributed by atoms with van der Waals surface area (Å²) in [5.74, 6) is 0.101. The molecule has 2 N–H and O–H groups in total. The quantitative estimate of drug-likeness (QED) is 0.641. The van der Waals surface area contributed by atoms with E-state index in [1.165, 1.54) is 19.3 Å². The number of amides is 1. The molecule has 0 aromatic rings. The number of piperidine rings is 1. The zero-order chi connectivity index (χ0) is 11.6. The average Bonchev–Trinajstić information content (AvgIpc) is 2.31. The van der Waals surface area contributed by atoms with E-state index >= 15 is 0 Å². The van der Waals surface area contributed by atoms with Crippen LogP contribution in [-0.2, 0) is 9.53 Å². The Morgan fingerprint density at radius 3 is 3.06 bits per heavy atom. The van der Waals surface area contributed by atoms with Crippen molar-refractivity contribution in [3.8, 4) is 0 Å². The Morgan fingerprint density at radius 1 is 1.50 bits per heavy atom. The van der Waals surface area contributed by atoms with Crippen LogP contribution in [0.2, 0.25) is 0 Å². The van der Waals surface area contributed by atoms with Crippen molar-refractivity contribution in [2.75, 3.05) is 26.3 Å². The maximum absolute atomic E-state index is 11.3. The summed E-state index contributed by atoms with van der Waals surface area (Å²) in [6, 6.07) is 0.598. The molecule has 0 saturated carbocycles. The molecule has 1 aliphatic rings. The second kappa shape index (κ2) is 8.53. The third kappa shape index (κ3) is 6.08. The van der Waals surface area contributed by atoms with Crippen LogP contribution in [0.3, 0.4) is 0 Å². The highest BCUT2D eigenvalue weighted by Gasteiger charge is 2.12. The number of ether oxygens (including phenoxy) is 1. The molecular weight excluding hydrogens is 204 g/mol. The molecule has 0 spiro atoms. The summed E-state index contributed by atoms with van der Waals surface area (Å²) >= 11 is 0. The second-order valence-corrected chi connectivity index (χ2v) is 4.23. The SMILES string of the molecule is CCOCCC(=O)NCCC1CCCCN1. The van der Waals surface area contributed by atoms with Crippen LogP contribution in [0.25, 0.3) is 0 Å². The van der Waals surface area contributed by atoms with E-state index in [0.29, 0.717) is 25.7 Å². The Hall–Kier alpha value is -0.610. The molecule has 1 fully saturated rings. The molecule has 94 valence electrons. The smallest absolute Gasteiger partial charge is 0.222 e. The van der Waals surface area contributed by atoms with E-state index in [-0.39, 0.29) is 5.91 Å². The molecule has 4 nitrogen and oxygen atoms in total. The number of rotatable bonds is 7. The van der Waals surface area contributed by atoms with Gasteiger partial charge in [0.05, 0.1) is 6.61 Å². The minimum absolute atomic E-state index is 0.101. The normalized spacial score (nSPS) is 20.7. The van der Waals surface area contributed by atoms with Gasteiger partial charge in [0, 0.05) is 25.6 Å². The summed E-state index contributed by atoms with van der Waals surface area (Å²) in [4.78, 5) is 11.3. The van der Waals surface area contributed by atoms with E-state index in [4.69, 9.17) is 4.74 Å². The predicted octanol–water partition coefficient (Wildman–Crippen LogP) is 1.06. The second-order valence-electron chi connectivity index (χ2n) is 4.23. The summed E-state index contributed by atoms with van der Waals surface area (Å²) in [7, 11) is 0. The molecule has 1 heterocycles. The fourth-order valence-electron chi connectivity index (χ4n) is 1.95. The lowest BCUT2D eigenvalue weighted by atomic mass is 10.0. The molecule has 4 heteroatoms. The van der Waals surface area contributed by atoms with Gasteiger partial charge in [0.1, 0.15) is 0 Å². The fraction of sp³-hybridized carbons (Fsp3) is 0.917. The molecule has 1 saturated heterocycles. The van der Waals surface area contributed by atoms with E-state index < -0.39 is 0 Å². The van der Waals surface area contributed by atoms with Gasteiger partial charge >= 0.3 is 0 Å². The van der Waals surface area contributed by atoms with Crippen LogP contribution >= 0.6 is 0 Å². The lowest BCUT2D eigenvalue weighted by Gasteiger charge is -2.23. The molecule has 0 radical (unpaired) electrons. The van der Waals surface area contributed by atoms with Gasteiger partial charge < -0.3 is 15.4 Å². The first-order valence-electron chi connectivity index (χ1n) is 6.40. The Balaban J connectivity index is 1.94. The summed E-state index contributed by atoms with van der Waals surface area (Å²) in [5.41, 5.74) is 0. The van der Waals surface area contributed by atoms with Crippen molar-refractivity contribution in [1.29, 1.82) is 0 Å². The minimum Gasteiger partial charge on any atom is -0.381 e. The maximum Gasteiger partial charge on any atom is 0.222 e. The van der Waals surface area contributed by atoms with E-state index in [9.17, 15) is 4.79 Å². The van der Waals surface area contributed by atoms with E-state index in [0.717, 1.165) is 19.5 Å². The molecule has 0 bridgehead atoms. The monoisotopic (exact) mass is 228 g/mol. The van der Waals surface area contributed by atoms with Gasteiger partial charge in [0.2, 0.25) is 5.91 Å². The van der Waals surface area contributed by atoms with Gasteiger partial charge in [0.15, 0.2) is 0 Å². The van der Waals surface area contributed by atoms with Crippen molar-refractivity contribution in [3.63, 3.8) is 0 Å². The topological polar surface area (TPSA) is 50.4 Å². The van der Waals surface area contributed by atoms with E-state index in [1.807, 2.05) is 6.92 Å². The Morgan fingerprint density at radius 2 is 2.38 bits per heavy atom. The molecule has 1 aliphatic heterocycles. The fourth-order valence-corrected chi connectivity index (χ4v) is 1.95. The first-order valence-corrected chi connectivity index (χ1v) is 6.40. The van der Waals surface area contributed by atoms with Crippen LogP contribution in [0.1, 0.15) is 39.0 Å². The van der Waals surface area contributed by atoms with Crippen molar-refractivity contribution >= 4 is 5.91 Å². The van der Waals surface area contributed by atoms with Crippen LogP contribution in [0.4, 0.5) is 0 Å².